The highest BCUT2D eigenvalue weighted by atomic mass is 79.9. The largest absolute Gasteiger partial charge is 0.457 e. The van der Waals surface area contributed by atoms with Crippen LogP contribution in [0.25, 0.3) is 16.6 Å². The predicted octanol–water partition coefficient (Wildman–Crippen LogP) is 5.39. The molecule has 144 valence electrons. The SMILES string of the molecule is CC(C(=O)OC(C)(C)C)=C(c1ccccc1)n1c(=O)ccc2c(Br)cccc21. The third kappa shape index (κ3) is 4.09. The van der Waals surface area contributed by atoms with Crippen molar-refractivity contribution in [3.63, 3.8) is 0 Å². The summed E-state index contributed by atoms with van der Waals surface area (Å²) in [7, 11) is 0. The lowest BCUT2D eigenvalue weighted by Gasteiger charge is -2.22. The zero-order valence-corrected chi connectivity index (χ0v) is 17.9. The Morgan fingerprint density at radius 2 is 1.64 bits per heavy atom. The molecule has 0 saturated carbocycles. The van der Waals surface area contributed by atoms with Gasteiger partial charge < -0.3 is 4.74 Å². The van der Waals surface area contributed by atoms with Crippen molar-refractivity contribution in [2.75, 3.05) is 0 Å². The molecule has 1 heterocycles. The molecule has 1 aromatic heterocycles. The summed E-state index contributed by atoms with van der Waals surface area (Å²) in [5, 5.41) is 0.882. The second-order valence-corrected chi connectivity index (χ2v) is 8.38. The first-order chi connectivity index (χ1) is 13.2. The van der Waals surface area contributed by atoms with E-state index in [-0.39, 0.29) is 5.56 Å². The second kappa shape index (κ2) is 7.76. The Labute approximate surface area is 172 Å². The van der Waals surface area contributed by atoms with E-state index in [2.05, 4.69) is 15.9 Å². The number of ether oxygens (including phenoxy) is 1. The number of nitrogens with zero attached hydrogens (tertiary/aromatic N) is 1. The Kier molecular flexibility index (Phi) is 5.57. The number of carbonyl (C=O) groups excluding carboxylic acids is 1. The van der Waals surface area contributed by atoms with Crippen LogP contribution in [0.15, 0.2) is 75.5 Å². The molecule has 0 aliphatic rings. The van der Waals surface area contributed by atoms with E-state index in [4.69, 9.17) is 4.74 Å². The summed E-state index contributed by atoms with van der Waals surface area (Å²) in [4.78, 5) is 25.8. The fourth-order valence-corrected chi connectivity index (χ4v) is 3.51. The van der Waals surface area contributed by atoms with Crippen LogP contribution in [-0.2, 0) is 9.53 Å². The maximum atomic E-state index is 12.9. The number of hydrogen-bond donors (Lipinski definition) is 0. The molecule has 0 aliphatic carbocycles. The van der Waals surface area contributed by atoms with Crippen molar-refractivity contribution in [2.24, 2.45) is 0 Å². The maximum absolute atomic E-state index is 12.9. The number of benzene rings is 2. The predicted molar refractivity (Wildman–Crippen MR) is 116 cm³/mol. The van der Waals surface area contributed by atoms with Crippen LogP contribution >= 0.6 is 15.9 Å². The molecule has 3 aromatic rings. The summed E-state index contributed by atoms with van der Waals surface area (Å²) in [6, 6.07) is 18.4. The molecule has 0 atom stereocenters. The van der Waals surface area contributed by atoms with Gasteiger partial charge in [0.2, 0.25) is 0 Å². The van der Waals surface area contributed by atoms with E-state index in [0.29, 0.717) is 16.8 Å². The number of pyridine rings is 1. The molecule has 0 aliphatic heterocycles. The highest BCUT2D eigenvalue weighted by molar-refractivity contribution is 9.10. The number of halogens is 1. The van der Waals surface area contributed by atoms with Crippen molar-refractivity contribution in [1.29, 1.82) is 0 Å². The number of hydrogen-bond acceptors (Lipinski definition) is 3. The molecule has 0 spiro atoms. The van der Waals surface area contributed by atoms with Gasteiger partial charge in [-0.25, -0.2) is 4.79 Å². The second-order valence-electron chi connectivity index (χ2n) is 7.52. The molecule has 0 unspecified atom stereocenters. The molecule has 28 heavy (non-hydrogen) atoms. The quantitative estimate of drug-likeness (QED) is 0.406. The Hall–Kier alpha value is -2.66. The van der Waals surface area contributed by atoms with Crippen LogP contribution in [0.5, 0.6) is 0 Å². The van der Waals surface area contributed by atoms with Gasteiger partial charge in [0, 0.05) is 15.9 Å². The fraction of sp³-hybridized carbons (Fsp3) is 0.217. The summed E-state index contributed by atoms with van der Waals surface area (Å²) in [6.45, 7) is 7.16. The average molecular weight is 440 g/mol. The molecule has 5 heteroatoms. The van der Waals surface area contributed by atoms with E-state index in [1.807, 2.05) is 69.3 Å². The van der Waals surface area contributed by atoms with E-state index >= 15 is 0 Å². The minimum Gasteiger partial charge on any atom is -0.457 e. The Bertz CT molecular complexity index is 1120. The van der Waals surface area contributed by atoms with Crippen molar-refractivity contribution in [1.82, 2.24) is 4.57 Å². The number of aromatic nitrogens is 1. The zero-order chi connectivity index (χ0) is 20.5. The number of esters is 1. The van der Waals surface area contributed by atoms with Gasteiger partial charge in [-0.1, -0.05) is 52.3 Å². The van der Waals surface area contributed by atoms with E-state index < -0.39 is 11.6 Å². The van der Waals surface area contributed by atoms with Gasteiger partial charge in [-0.3, -0.25) is 9.36 Å². The van der Waals surface area contributed by atoms with Crippen LogP contribution in [0.1, 0.15) is 33.3 Å². The zero-order valence-electron chi connectivity index (χ0n) is 16.3. The van der Waals surface area contributed by atoms with Gasteiger partial charge in [-0.15, -0.1) is 0 Å². The molecular weight excluding hydrogens is 418 g/mol. The Balaban J connectivity index is 2.37. The first-order valence-corrected chi connectivity index (χ1v) is 9.78. The van der Waals surface area contributed by atoms with Crippen LogP contribution in [0.2, 0.25) is 0 Å². The number of rotatable bonds is 3. The molecule has 2 aromatic carbocycles. The Morgan fingerprint density at radius 3 is 2.29 bits per heavy atom. The summed E-state index contributed by atoms with van der Waals surface area (Å²) < 4.78 is 8.03. The molecule has 0 fully saturated rings. The minimum absolute atomic E-state index is 0.215. The topological polar surface area (TPSA) is 48.3 Å². The van der Waals surface area contributed by atoms with Gasteiger partial charge in [0.1, 0.15) is 5.60 Å². The number of carbonyl (C=O) groups is 1. The summed E-state index contributed by atoms with van der Waals surface area (Å²) >= 11 is 3.54. The lowest BCUT2D eigenvalue weighted by molar-refractivity contribution is -0.149. The molecule has 4 nitrogen and oxygen atoms in total. The minimum atomic E-state index is -0.632. The fourth-order valence-electron chi connectivity index (χ4n) is 3.02. The monoisotopic (exact) mass is 439 g/mol. The first kappa shape index (κ1) is 20.1. The van der Waals surface area contributed by atoms with Crippen molar-refractivity contribution in [3.05, 3.63) is 86.6 Å². The average Bonchev–Trinajstić information content (AvgIpc) is 2.63. The van der Waals surface area contributed by atoms with E-state index in [0.717, 1.165) is 15.4 Å². The van der Waals surface area contributed by atoms with Crippen molar-refractivity contribution >= 4 is 38.5 Å². The smallest absolute Gasteiger partial charge is 0.336 e. The molecule has 3 rings (SSSR count). The normalized spacial score (nSPS) is 12.6. The molecular formula is C23H22BrNO3. The van der Waals surface area contributed by atoms with Gasteiger partial charge in [0.15, 0.2) is 0 Å². The van der Waals surface area contributed by atoms with Crippen LogP contribution in [-0.4, -0.2) is 16.1 Å². The van der Waals surface area contributed by atoms with Crippen molar-refractivity contribution in [2.45, 2.75) is 33.3 Å². The summed E-state index contributed by atoms with van der Waals surface area (Å²) in [6.07, 6.45) is 0. The van der Waals surface area contributed by atoms with Gasteiger partial charge >= 0.3 is 5.97 Å². The van der Waals surface area contributed by atoms with Crippen LogP contribution in [0.3, 0.4) is 0 Å². The maximum Gasteiger partial charge on any atom is 0.336 e. The highest BCUT2D eigenvalue weighted by Crippen LogP contribution is 2.28. The summed E-state index contributed by atoms with van der Waals surface area (Å²) in [5.41, 5.74) is 1.52. The van der Waals surface area contributed by atoms with E-state index in [1.165, 1.54) is 6.07 Å². The van der Waals surface area contributed by atoms with Crippen LogP contribution in [0, 0.1) is 0 Å². The first-order valence-electron chi connectivity index (χ1n) is 8.99. The van der Waals surface area contributed by atoms with Crippen molar-refractivity contribution < 1.29 is 9.53 Å². The Morgan fingerprint density at radius 1 is 0.964 bits per heavy atom. The third-order valence-electron chi connectivity index (χ3n) is 4.21. The van der Waals surface area contributed by atoms with Gasteiger partial charge in [0.25, 0.3) is 5.56 Å². The van der Waals surface area contributed by atoms with Crippen LogP contribution < -0.4 is 5.56 Å². The standard InChI is InChI=1S/C23H22BrNO3/c1-15(22(27)28-23(2,3)4)21(16-9-6-5-7-10-16)25-19-12-8-11-18(24)17(19)13-14-20(25)26/h5-14H,1-4H3. The van der Waals surface area contributed by atoms with Gasteiger partial charge in [-0.05, 0) is 51.5 Å². The summed E-state index contributed by atoms with van der Waals surface area (Å²) in [5.74, 6) is -0.453. The molecule has 0 N–H and O–H groups in total. The third-order valence-corrected chi connectivity index (χ3v) is 4.91. The van der Waals surface area contributed by atoms with E-state index in [9.17, 15) is 9.59 Å². The van der Waals surface area contributed by atoms with Crippen molar-refractivity contribution in [3.8, 4) is 0 Å². The molecule has 0 bridgehead atoms. The van der Waals surface area contributed by atoms with E-state index in [1.54, 1.807) is 17.6 Å². The lowest BCUT2D eigenvalue weighted by atomic mass is 10.1. The molecule has 0 radical (unpaired) electrons. The van der Waals surface area contributed by atoms with Gasteiger partial charge in [-0.2, -0.15) is 0 Å². The molecule has 0 amide bonds. The molecule has 0 saturated heterocycles. The van der Waals surface area contributed by atoms with Gasteiger partial charge in [0.05, 0.1) is 16.8 Å². The van der Waals surface area contributed by atoms with Crippen LogP contribution in [0.4, 0.5) is 0 Å². The number of fused-ring (bicyclic) bond motifs is 1. The highest BCUT2D eigenvalue weighted by Gasteiger charge is 2.23. The lowest BCUT2D eigenvalue weighted by Crippen LogP contribution is -2.27.